The van der Waals surface area contributed by atoms with Gasteiger partial charge in [-0.25, -0.2) is 0 Å². The highest BCUT2D eigenvalue weighted by molar-refractivity contribution is 5.73. The number of carboxylic acid groups (broad SMARTS) is 1. The fourth-order valence-electron chi connectivity index (χ4n) is 2.07. The van der Waals surface area contributed by atoms with Crippen LogP contribution in [0.3, 0.4) is 0 Å². The predicted molar refractivity (Wildman–Crippen MR) is 66.2 cm³/mol. The molecule has 0 aliphatic heterocycles. The van der Waals surface area contributed by atoms with Crippen LogP contribution in [0.2, 0.25) is 0 Å². The first-order valence-corrected chi connectivity index (χ1v) is 6.00. The maximum Gasteiger partial charge on any atom is 0.322 e. The average molecular weight is 239 g/mol. The van der Waals surface area contributed by atoms with Gasteiger partial charge in [0.2, 0.25) is 0 Å². The molecule has 0 aromatic carbocycles. The number of aliphatic carboxylic acids is 1. The van der Waals surface area contributed by atoms with Crippen molar-refractivity contribution in [2.24, 2.45) is 0 Å². The van der Waals surface area contributed by atoms with Crippen LogP contribution in [0.4, 0.5) is 0 Å². The van der Waals surface area contributed by atoms with Gasteiger partial charge in [-0.1, -0.05) is 13.8 Å². The first kappa shape index (κ1) is 13.7. The van der Waals surface area contributed by atoms with Crippen LogP contribution in [0.25, 0.3) is 0 Å². The molecule has 1 rings (SSSR count). The van der Waals surface area contributed by atoms with Crippen LogP contribution in [0.1, 0.15) is 30.8 Å². The summed E-state index contributed by atoms with van der Waals surface area (Å²) in [6.45, 7) is 8.94. The number of carboxylic acids is 1. The fraction of sp³-hybridized carbons (Fsp3) is 0.667. The molecule has 17 heavy (non-hydrogen) atoms. The number of aryl methyl sites for hydroxylation is 1. The Balaban J connectivity index is 2.90. The van der Waals surface area contributed by atoms with Crippen LogP contribution in [-0.2, 0) is 17.8 Å². The molecular weight excluding hydrogens is 218 g/mol. The number of aromatic nitrogens is 2. The number of nitrogens with zero attached hydrogens (tertiary/aromatic N) is 2. The summed E-state index contributed by atoms with van der Waals surface area (Å²) < 4.78 is 1.79. The lowest BCUT2D eigenvalue weighted by atomic mass is 10.1. The van der Waals surface area contributed by atoms with E-state index < -0.39 is 12.0 Å². The van der Waals surface area contributed by atoms with Crippen LogP contribution in [0.15, 0.2) is 0 Å². The van der Waals surface area contributed by atoms with E-state index in [0.29, 0.717) is 13.1 Å². The van der Waals surface area contributed by atoms with Gasteiger partial charge in [0.05, 0.1) is 12.2 Å². The van der Waals surface area contributed by atoms with E-state index in [2.05, 4.69) is 17.3 Å². The van der Waals surface area contributed by atoms with Gasteiger partial charge in [-0.15, -0.1) is 0 Å². The number of hydrogen-bond donors (Lipinski definition) is 2. The van der Waals surface area contributed by atoms with Gasteiger partial charge in [-0.2, -0.15) is 5.10 Å². The lowest BCUT2D eigenvalue weighted by Crippen LogP contribution is -2.40. The van der Waals surface area contributed by atoms with Crippen LogP contribution in [0.5, 0.6) is 0 Å². The second kappa shape index (κ2) is 5.82. The first-order valence-electron chi connectivity index (χ1n) is 6.00. The van der Waals surface area contributed by atoms with E-state index in [1.54, 1.807) is 4.68 Å². The van der Waals surface area contributed by atoms with Gasteiger partial charge < -0.3 is 10.4 Å². The third kappa shape index (κ3) is 3.06. The lowest BCUT2D eigenvalue weighted by molar-refractivity contribution is -0.139. The molecule has 0 saturated heterocycles. The van der Waals surface area contributed by atoms with Crippen molar-refractivity contribution in [3.63, 3.8) is 0 Å². The van der Waals surface area contributed by atoms with Gasteiger partial charge in [0, 0.05) is 5.69 Å². The minimum absolute atomic E-state index is 0.371. The number of carbonyl (C=O) groups is 1. The molecule has 1 atom stereocenters. The van der Waals surface area contributed by atoms with Crippen LogP contribution in [0, 0.1) is 13.8 Å². The van der Waals surface area contributed by atoms with Crippen LogP contribution >= 0.6 is 0 Å². The quantitative estimate of drug-likeness (QED) is 0.780. The zero-order valence-electron chi connectivity index (χ0n) is 10.9. The minimum Gasteiger partial charge on any atom is -0.480 e. The van der Waals surface area contributed by atoms with Gasteiger partial charge >= 0.3 is 5.97 Å². The Kier molecular flexibility index (Phi) is 4.69. The Hall–Kier alpha value is -1.36. The van der Waals surface area contributed by atoms with Gasteiger partial charge in [-0.3, -0.25) is 9.48 Å². The van der Waals surface area contributed by atoms with Crippen molar-refractivity contribution < 1.29 is 9.90 Å². The molecule has 1 aromatic heterocycles. The molecule has 0 aliphatic rings. The van der Waals surface area contributed by atoms with Gasteiger partial charge in [0.1, 0.15) is 6.04 Å². The van der Waals surface area contributed by atoms with E-state index in [4.69, 9.17) is 5.11 Å². The average Bonchev–Trinajstić information content (AvgIpc) is 2.53. The maximum atomic E-state index is 11.1. The largest absolute Gasteiger partial charge is 0.480 e. The summed E-state index contributed by atoms with van der Waals surface area (Å²) in [6, 6.07) is -0.581. The molecule has 1 unspecified atom stereocenters. The molecule has 0 radical (unpaired) electrons. The van der Waals surface area contributed by atoms with Crippen molar-refractivity contribution in [3.05, 3.63) is 17.0 Å². The van der Waals surface area contributed by atoms with Crippen LogP contribution < -0.4 is 5.32 Å². The van der Waals surface area contributed by atoms with Crippen molar-refractivity contribution >= 4 is 5.97 Å². The maximum absolute atomic E-state index is 11.1. The number of rotatable bonds is 6. The molecule has 5 nitrogen and oxygen atoms in total. The summed E-state index contributed by atoms with van der Waals surface area (Å²) in [7, 11) is 0. The molecule has 0 saturated carbocycles. The van der Waals surface area contributed by atoms with Crippen LogP contribution in [-0.4, -0.2) is 33.4 Å². The highest BCUT2D eigenvalue weighted by atomic mass is 16.4. The number of nitrogens with one attached hydrogen (secondary N) is 1. The summed E-state index contributed by atoms with van der Waals surface area (Å²) in [5.41, 5.74) is 3.27. The standard InChI is InChI=1S/C12H21N3O2/c1-5-10-8(3)14-15(9(10)4)7-11(12(16)17)13-6-2/h11,13H,5-7H2,1-4H3,(H,16,17). The van der Waals surface area contributed by atoms with Gasteiger partial charge in [0.15, 0.2) is 0 Å². The third-order valence-electron chi connectivity index (χ3n) is 2.99. The van der Waals surface area contributed by atoms with Gasteiger partial charge in [-0.05, 0) is 32.4 Å². The monoisotopic (exact) mass is 239 g/mol. The molecular formula is C12H21N3O2. The predicted octanol–water partition coefficient (Wildman–Crippen LogP) is 1.13. The summed E-state index contributed by atoms with van der Waals surface area (Å²) >= 11 is 0. The highest BCUT2D eigenvalue weighted by Gasteiger charge is 2.19. The van der Waals surface area contributed by atoms with Crippen molar-refractivity contribution in [1.82, 2.24) is 15.1 Å². The summed E-state index contributed by atoms with van der Waals surface area (Å²) in [5.74, 6) is -0.836. The molecule has 5 heteroatoms. The molecule has 2 N–H and O–H groups in total. The Morgan fingerprint density at radius 3 is 2.53 bits per heavy atom. The van der Waals surface area contributed by atoms with E-state index in [9.17, 15) is 4.79 Å². The second-order valence-electron chi connectivity index (χ2n) is 4.13. The van der Waals surface area contributed by atoms with E-state index in [0.717, 1.165) is 17.8 Å². The number of likely N-dealkylation sites (N-methyl/N-ethyl adjacent to an activating group) is 1. The smallest absolute Gasteiger partial charge is 0.322 e. The molecule has 0 bridgehead atoms. The minimum atomic E-state index is -0.836. The molecule has 96 valence electrons. The Labute approximate surface area is 102 Å². The van der Waals surface area contributed by atoms with Crippen molar-refractivity contribution in [1.29, 1.82) is 0 Å². The molecule has 1 aromatic rings. The van der Waals surface area contributed by atoms with E-state index >= 15 is 0 Å². The summed E-state index contributed by atoms with van der Waals surface area (Å²) in [5, 5.41) is 16.4. The lowest BCUT2D eigenvalue weighted by Gasteiger charge is -2.14. The summed E-state index contributed by atoms with van der Waals surface area (Å²) in [4.78, 5) is 11.1. The fourth-order valence-corrected chi connectivity index (χ4v) is 2.07. The van der Waals surface area contributed by atoms with E-state index in [1.165, 1.54) is 5.56 Å². The third-order valence-corrected chi connectivity index (χ3v) is 2.99. The SMILES string of the molecule is CCNC(Cn1nc(C)c(CC)c1C)C(=O)O. The molecule has 0 fully saturated rings. The molecule has 0 aliphatic carbocycles. The van der Waals surface area contributed by atoms with Crippen molar-refractivity contribution in [2.45, 2.75) is 46.7 Å². The summed E-state index contributed by atoms with van der Waals surface area (Å²) in [6.07, 6.45) is 0.927. The van der Waals surface area contributed by atoms with Crippen molar-refractivity contribution in [3.8, 4) is 0 Å². The normalized spacial score (nSPS) is 12.7. The topological polar surface area (TPSA) is 67.2 Å². The van der Waals surface area contributed by atoms with E-state index in [1.807, 2.05) is 20.8 Å². The van der Waals surface area contributed by atoms with Gasteiger partial charge in [0.25, 0.3) is 0 Å². The molecule has 0 spiro atoms. The Bertz CT molecular complexity index is 399. The zero-order valence-corrected chi connectivity index (χ0v) is 10.9. The number of hydrogen-bond acceptors (Lipinski definition) is 3. The van der Waals surface area contributed by atoms with E-state index in [-0.39, 0.29) is 0 Å². The first-order chi connectivity index (χ1) is 8.01. The second-order valence-corrected chi connectivity index (χ2v) is 4.13. The molecule has 1 heterocycles. The Morgan fingerprint density at radius 2 is 2.12 bits per heavy atom. The molecule has 0 amide bonds. The zero-order chi connectivity index (χ0) is 13.0. The Morgan fingerprint density at radius 1 is 1.47 bits per heavy atom. The highest BCUT2D eigenvalue weighted by Crippen LogP contribution is 2.13. The van der Waals surface area contributed by atoms with Crippen molar-refractivity contribution in [2.75, 3.05) is 6.54 Å².